The molecule has 3 heterocycles. The topological polar surface area (TPSA) is 118 Å². The molecular formula is C30H44N4O5S3. The molecule has 42 heavy (non-hydrogen) atoms. The lowest BCUT2D eigenvalue weighted by Crippen LogP contribution is -2.53. The van der Waals surface area contributed by atoms with Crippen molar-refractivity contribution in [2.45, 2.75) is 103 Å². The second kappa shape index (κ2) is 16.6. The van der Waals surface area contributed by atoms with Gasteiger partial charge >= 0.3 is 5.97 Å². The number of hydrogen-bond acceptors (Lipinski definition) is 10. The number of thiazole rings is 1. The first-order chi connectivity index (χ1) is 20.0. The van der Waals surface area contributed by atoms with Gasteiger partial charge in [-0.05, 0) is 31.8 Å². The molecular weight excluding hydrogens is 593 g/mol. The maximum Gasteiger partial charge on any atom is 0.329 e. The Morgan fingerprint density at radius 2 is 2.02 bits per heavy atom. The van der Waals surface area contributed by atoms with Gasteiger partial charge in [0, 0.05) is 30.4 Å². The number of unbranched alkanes of at least 4 members (excludes halogenated alkanes) is 4. The number of nitrogens with zero attached hydrogens (tertiary/aromatic N) is 3. The highest BCUT2D eigenvalue weighted by molar-refractivity contribution is 8.14. The number of rotatable bonds is 11. The first-order valence-corrected chi connectivity index (χ1v) is 17.6. The van der Waals surface area contributed by atoms with E-state index in [0.29, 0.717) is 41.6 Å². The zero-order chi connectivity index (χ0) is 30.7. The molecule has 9 nitrogen and oxygen atoms in total. The fourth-order valence-electron chi connectivity index (χ4n) is 4.45. The van der Waals surface area contributed by atoms with Gasteiger partial charge in [-0.15, -0.1) is 23.1 Å². The van der Waals surface area contributed by atoms with Crippen molar-refractivity contribution in [1.82, 2.24) is 15.2 Å². The van der Waals surface area contributed by atoms with Crippen LogP contribution < -0.4 is 5.32 Å². The SMILES string of the molecule is CCCCCCCC(=O)SCC/C=C/[C@@H]1CC(=O)N(C)Cc2nc(cs2)C2=N[C@@](C)(CS2)C(=O)N[C@@H](C(C)C)C(=O)O1. The van der Waals surface area contributed by atoms with Gasteiger partial charge in [-0.25, -0.2) is 9.78 Å². The Balaban J connectivity index is 1.70. The number of aliphatic imine (C=N–C) groups is 1. The number of nitrogens with one attached hydrogen (secondary N) is 1. The van der Waals surface area contributed by atoms with E-state index in [1.54, 1.807) is 24.9 Å². The van der Waals surface area contributed by atoms with Crippen LogP contribution >= 0.6 is 34.9 Å². The molecule has 4 bridgehead atoms. The fraction of sp³-hybridized carbons (Fsp3) is 0.667. The summed E-state index contributed by atoms with van der Waals surface area (Å²) in [6.45, 7) is 7.92. The zero-order valence-electron chi connectivity index (χ0n) is 25.3. The van der Waals surface area contributed by atoms with E-state index < -0.39 is 23.7 Å². The Morgan fingerprint density at radius 3 is 2.76 bits per heavy atom. The lowest BCUT2D eigenvalue weighted by molar-refractivity contribution is -0.154. The summed E-state index contributed by atoms with van der Waals surface area (Å²) < 4.78 is 5.83. The van der Waals surface area contributed by atoms with Crippen LogP contribution in [-0.4, -0.2) is 74.1 Å². The van der Waals surface area contributed by atoms with Crippen molar-refractivity contribution < 1.29 is 23.9 Å². The Labute approximate surface area is 262 Å². The average molecular weight is 637 g/mol. The third kappa shape index (κ3) is 10.2. The van der Waals surface area contributed by atoms with E-state index >= 15 is 0 Å². The number of allylic oxidation sites excluding steroid dienone is 1. The van der Waals surface area contributed by atoms with Gasteiger partial charge < -0.3 is 15.0 Å². The highest BCUT2D eigenvalue weighted by atomic mass is 32.2. The van der Waals surface area contributed by atoms with Gasteiger partial charge in [-0.1, -0.05) is 64.3 Å². The number of fused-ring (bicyclic) bond motifs is 4. The summed E-state index contributed by atoms with van der Waals surface area (Å²) >= 11 is 4.21. The lowest BCUT2D eigenvalue weighted by atomic mass is 10.0. The van der Waals surface area contributed by atoms with Gasteiger partial charge in [-0.2, -0.15) is 0 Å². The van der Waals surface area contributed by atoms with E-state index in [1.165, 1.54) is 54.1 Å². The number of amides is 2. The largest absolute Gasteiger partial charge is 0.456 e. The van der Waals surface area contributed by atoms with Gasteiger partial charge in [0.05, 0.1) is 13.0 Å². The summed E-state index contributed by atoms with van der Waals surface area (Å²) in [6.07, 6.45) is 9.49. The minimum absolute atomic E-state index is 0.0418. The van der Waals surface area contributed by atoms with Crippen LogP contribution in [0.3, 0.4) is 0 Å². The van der Waals surface area contributed by atoms with Crippen LogP contribution in [0.1, 0.15) is 89.8 Å². The minimum Gasteiger partial charge on any atom is -0.456 e. The summed E-state index contributed by atoms with van der Waals surface area (Å²) in [5.41, 5.74) is -0.344. The maximum absolute atomic E-state index is 13.3. The first-order valence-electron chi connectivity index (χ1n) is 14.8. The molecule has 1 N–H and O–H groups in total. The van der Waals surface area contributed by atoms with Crippen molar-refractivity contribution >= 4 is 62.8 Å². The number of ether oxygens (including phenoxy) is 1. The predicted molar refractivity (Wildman–Crippen MR) is 172 cm³/mol. The fourth-order valence-corrected chi connectivity index (χ4v) is 7.25. The number of hydrogen-bond donors (Lipinski definition) is 1. The first kappa shape index (κ1) is 34.3. The molecule has 0 aliphatic carbocycles. The molecule has 0 unspecified atom stereocenters. The summed E-state index contributed by atoms with van der Waals surface area (Å²) in [7, 11) is 1.70. The molecule has 0 saturated heterocycles. The second-order valence-electron chi connectivity index (χ2n) is 11.3. The number of carbonyl (C=O) groups is 4. The predicted octanol–water partition coefficient (Wildman–Crippen LogP) is 5.38. The molecule has 2 amide bonds. The maximum atomic E-state index is 13.3. The van der Waals surface area contributed by atoms with Crippen molar-refractivity contribution in [1.29, 1.82) is 0 Å². The van der Waals surface area contributed by atoms with Crippen LogP contribution in [0, 0.1) is 5.92 Å². The Hall–Kier alpha value is -2.18. The summed E-state index contributed by atoms with van der Waals surface area (Å²) in [5, 5.41) is 6.38. The third-order valence-corrected chi connectivity index (χ3v) is 10.2. The molecule has 0 saturated carbocycles. The number of esters is 1. The molecule has 2 aliphatic rings. The van der Waals surface area contributed by atoms with E-state index in [0.717, 1.165) is 17.8 Å². The second-order valence-corrected chi connectivity index (χ2v) is 14.4. The summed E-state index contributed by atoms with van der Waals surface area (Å²) in [6, 6.07) is -0.897. The van der Waals surface area contributed by atoms with Crippen LogP contribution in [0.2, 0.25) is 0 Å². The van der Waals surface area contributed by atoms with Gasteiger partial charge in [-0.3, -0.25) is 19.4 Å². The third-order valence-electron chi connectivity index (χ3n) is 7.13. The van der Waals surface area contributed by atoms with E-state index in [-0.39, 0.29) is 29.3 Å². The van der Waals surface area contributed by atoms with Crippen molar-refractivity contribution in [3.63, 3.8) is 0 Å². The van der Waals surface area contributed by atoms with Gasteiger partial charge in [0.25, 0.3) is 0 Å². The zero-order valence-corrected chi connectivity index (χ0v) is 27.8. The van der Waals surface area contributed by atoms with Crippen LogP contribution in [-0.2, 0) is 30.5 Å². The lowest BCUT2D eigenvalue weighted by Gasteiger charge is -2.27. The van der Waals surface area contributed by atoms with Crippen LogP contribution in [0.4, 0.5) is 0 Å². The molecule has 1 aromatic heterocycles. The number of aromatic nitrogens is 1. The molecule has 0 fully saturated rings. The van der Waals surface area contributed by atoms with Gasteiger partial charge in [0.15, 0.2) is 5.12 Å². The van der Waals surface area contributed by atoms with Gasteiger partial charge in [0.2, 0.25) is 11.8 Å². The Bertz CT molecular complexity index is 1170. The van der Waals surface area contributed by atoms with Crippen LogP contribution in [0.5, 0.6) is 0 Å². The standard InChI is InChI=1S/C30H44N4O5S3/c1-6-7-8-9-10-14-25(36)40-15-12-11-13-21-16-24(35)34(5)17-23-31-22(18-41-23)27-33-30(4,19-42-27)29(38)32-26(20(2)3)28(37)39-21/h11,13,18,20-21,26H,6-10,12,14-17,19H2,1-5H3,(H,32,38)/b13-11+/t21-,26+,30+/m1/s1. The highest BCUT2D eigenvalue weighted by Crippen LogP contribution is 2.32. The molecule has 232 valence electrons. The number of carbonyl (C=O) groups excluding carboxylic acids is 4. The van der Waals surface area contributed by atoms with Crippen molar-refractivity contribution in [2.75, 3.05) is 18.6 Å². The Kier molecular flexibility index (Phi) is 13.6. The van der Waals surface area contributed by atoms with Crippen molar-refractivity contribution in [3.05, 3.63) is 28.2 Å². The molecule has 0 aromatic carbocycles. The van der Waals surface area contributed by atoms with Crippen LogP contribution in [0.15, 0.2) is 22.5 Å². The molecule has 2 aliphatic heterocycles. The monoisotopic (exact) mass is 636 g/mol. The number of cyclic esters (lactones) is 1. The molecule has 0 radical (unpaired) electrons. The van der Waals surface area contributed by atoms with E-state index in [1.807, 2.05) is 25.3 Å². The Morgan fingerprint density at radius 1 is 1.26 bits per heavy atom. The summed E-state index contributed by atoms with van der Waals surface area (Å²) in [4.78, 5) is 62.9. The molecule has 1 aromatic rings. The molecule has 12 heteroatoms. The highest BCUT2D eigenvalue weighted by Gasteiger charge is 2.41. The van der Waals surface area contributed by atoms with Crippen molar-refractivity contribution in [2.24, 2.45) is 10.9 Å². The van der Waals surface area contributed by atoms with Crippen LogP contribution in [0.25, 0.3) is 0 Å². The molecule has 3 atom stereocenters. The summed E-state index contributed by atoms with van der Waals surface area (Å²) in [5.74, 6) is -0.324. The molecule has 3 rings (SSSR count). The normalized spacial score (nSPS) is 23.8. The quantitative estimate of drug-likeness (QED) is 0.196. The average Bonchev–Trinajstić information content (AvgIpc) is 3.57. The van der Waals surface area contributed by atoms with Crippen molar-refractivity contribution in [3.8, 4) is 0 Å². The van der Waals surface area contributed by atoms with E-state index in [9.17, 15) is 19.2 Å². The smallest absolute Gasteiger partial charge is 0.329 e. The van der Waals surface area contributed by atoms with Gasteiger partial charge in [0.1, 0.15) is 33.4 Å². The van der Waals surface area contributed by atoms with E-state index in [2.05, 4.69) is 22.2 Å². The molecule has 0 spiro atoms. The van der Waals surface area contributed by atoms with E-state index in [4.69, 9.17) is 4.74 Å². The minimum atomic E-state index is -1.04. The number of thioether (sulfide) groups is 2.